The molecular weight excluding hydrogens is 404 g/mol. The molecule has 0 saturated carbocycles. The second kappa shape index (κ2) is 8.37. The lowest BCUT2D eigenvalue weighted by Gasteiger charge is -2.16. The molecule has 2 aliphatic heterocycles. The Labute approximate surface area is 167 Å². The second-order valence-corrected chi connectivity index (χ2v) is 10.1. The first-order valence-corrected chi connectivity index (χ1v) is 11.4. The number of benzene rings is 1. The van der Waals surface area contributed by atoms with E-state index >= 15 is 0 Å². The van der Waals surface area contributed by atoms with Crippen LogP contribution in [-0.2, 0) is 19.4 Å². The molecule has 0 aliphatic carbocycles. The molecule has 9 heteroatoms. The van der Waals surface area contributed by atoms with E-state index in [0.717, 1.165) is 17.3 Å². The molecular formula is C18H18N2O4S3. The first-order valence-electron chi connectivity index (χ1n) is 8.31. The number of sulfone groups is 1. The summed E-state index contributed by atoms with van der Waals surface area (Å²) in [5, 5.41) is 2.67. The number of nitrogens with one attached hydrogen (secondary N) is 1. The number of thioether (sulfide) groups is 1. The molecule has 142 valence electrons. The van der Waals surface area contributed by atoms with Gasteiger partial charge in [0.1, 0.15) is 10.9 Å². The van der Waals surface area contributed by atoms with E-state index < -0.39 is 21.8 Å². The van der Waals surface area contributed by atoms with Gasteiger partial charge in [-0.15, -0.1) is 0 Å². The fraction of sp³-hybridized carbons (Fsp3) is 0.278. The van der Waals surface area contributed by atoms with E-state index in [9.17, 15) is 18.0 Å². The number of hydrogen-bond donors (Lipinski definition) is 1. The van der Waals surface area contributed by atoms with Crippen LogP contribution in [0.25, 0.3) is 6.08 Å². The highest BCUT2D eigenvalue weighted by Crippen LogP contribution is 2.30. The Kier molecular flexibility index (Phi) is 6.13. The predicted octanol–water partition coefficient (Wildman–Crippen LogP) is 1.75. The van der Waals surface area contributed by atoms with Crippen molar-refractivity contribution < 1.29 is 18.0 Å². The van der Waals surface area contributed by atoms with Crippen molar-refractivity contribution in [3.8, 4) is 0 Å². The molecule has 1 unspecified atom stereocenters. The average molecular weight is 423 g/mol. The summed E-state index contributed by atoms with van der Waals surface area (Å²) in [5.74, 6) is -0.706. The summed E-state index contributed by atoms with van der Waals surface area (Å²) >= 11 is 6.35. The van der Waals surface area contributed by atoms with Gasteiger partial charge < -0.3 is 5.32 Å². The molecule has 2 saturated heterocycles. The van der Waals surface area contributed by atoms with E-state index in [0.29, 0.717) is 15.6 Å². The summed E-state index contributed by atoms with van der Waals surface area (Å²) in [6, 6.07) is 9.27. The number of allylic oxidation sites excluding steroid dienone is 2. The summed E-state index contributed by atoms with van der Waals surface area (Å²) < 4.78 is 23.2. The van der Waals surface area contributed by atoms with Crippen LogP contribution >= 0.6 is 24.0 Å². The number of hydrogen-bond acceptors (Lipinski definition) is 6. The van der Waals surface area contributed by atoms with E-state index in [1.54, 1.807) is 12.2 Å². The minimum atomic E-state index is -3.07. The van der Waals surface area contributed by atoms with Crippen LogP contribution in [0.3, 0.4) is 0 Å². The van der Waals surface area contributed by atoms with E-state index in [2.05, 4.69) is 5.32 Å². The quantitative estimate of drug-likeness (QED) is 0.575. The van der Waals surface area contributed by atoms with Crippen molar-refractivity contribution in [1.29, 1.82) is 0 Å². The van der Waals surface area contributed by atoms with Gasteiger partial charge in [-0.25, -0.2) is 8.42 Å². The maximum atomic E-state index is 12.5. The molecule has 0 spiro atoms. The van der Waals surface area contributed by atoms with Crippen LogP contribution in [0.5, 0.6) is 0 Å². The zero-order chi connectivity index (χ0) is 19.4. The Morgan fingerprint density at radius 2 is 2.07 bits per heavy atom. The molecule has 0 radical (unpaired) electrons. The Bertz CT molecular complexity index is 923. The lowest BCUT2D eigenvalue weighted by Crippen LogP contribution is -2.43. The SMILES string of the molecule is O=C(CN1C(=O)C(=CC=Cc2ccccc2)SC1=S)NC1CCS(=O)(=O)C1. The van der Waals surface area contributed by atoms with E-state index in [1.165, 1.54) is 4.90 Å². The van der Waals surface area contributed by atoms with Gasteiger partial charge >= 0.3 is 0 Å². The Balaban J connectivity index is 1.58. The van der Waals surface area contributed by atoms with Gasteiger partial charge in [-0.3, -0.25) is 14.5 Å². The largest absolute Gasteiger partial charge is 0.351 e. The first kappa shape index (κ1) is 19.8. The Hall–Kier alpha value is -1.97. The van der Waals surface area contributed by atoms with Crippen LogP contribution < -0.4 is 5.32 Å². The molecule has 1 atom stereocenters. The van der Waals surface area contributed by atoms with E-state index in [-0.39, 0.29) is 24.0 Å². The van der Waals surface area contributed by atoms with Crippen LogP contribution in [0.2, 0.25) is 0 Å². The molecule has 27 heavy (non-hydrogen) atoms. The molecule has 1 aromatic rings. The fourth-order valence-corrected chi connectivity index (χ4v) is 5.67. The maximum absolute atomic E-state index is 12.5. The van der Waals surface area contributed by atoms with Crippen molar-refractivity contribution in [2.75, 3.05) is 18.1 Å². The molecule has 2 aliphatic rings. The molecule has 1 aromatic carbocycles. The van der Waals surface area contributed by atoms with Gasteiger partial charge in [0.15, 0.2) is 9.84 Å². The van der Waals surface area contributed by atoms with Gasteiger partial charge in [0.25, 0.3) is 5.91 Å². The van der Waals surface area contributed by atoms with Crippen molar-refractivity contribution in [3.63, 3.8) is 0 Å². The number of nitrogens with zero attached hydrogens (tertiary/aromatic N) is 1. The molecule has 0 bridgehead atoms. The van der Waals surface area contributed by atoms with Crippen molar-refractivity contribution in [3.05, 3.63) is 53.0 Å². The number of rotatable bonds is 5. The van der Waals surface area contributed by atoms with Crippen molar-refractivity contribution in [1.82, 2.24) is 10.2 Å². The second-order valence-electron chi connectivity index (χ2n) is 6.23. The van der Waals surface area contributed by atoms with Gasteiger partial charge in [0, 0.05) is 6.04 Å². The van der Waals surface area contributed by atoms with E-state index in [4.69, 9.17) is 12.2 Å². The highest BCUT2D eigenvalue weighted by Gasteiger charge is 2.34. The third kappa shape index (κ3) is 5.27. The summed E-state index contributed by atoms with van der Waals surface area (Å²) in [5.41, 5.74) is 1.01. The highest BCUT2D eigenvalue weighted by molar-refractivity contribution is 8.26. The predicted molar refractivity (Wildman–Crippen MR) is 111 cm³/mol. The smallest absolute Gasteiger partial charge is 0.266 e. The number of carbonyl (C=O) groups excluding carboxylic acids is 2. The van der Waals surface area contributed by atoms with Crippen molar-refractivity contribution in [2.45, 2.75) is 12.5 Å². The lowest BCUT2D eigenvalue weighted by atomic mass is 10.2. The van der Waals surface area contributed by atoms with Crippen molar-refractivity contribution in [2.24, 2.45) is 0 Å². The van der Waals surface area contributed by atoms with Crippen LogP contribution in [0.1, 0.15) is 12.0 Å². The number of carbonyl (C=O) groups is 2. The minimum Gasteiger partial charge on any atom is -0.351 e. The molecule has 0 aromatic heterocycles. The van der Waals surface area contributed by atoms with Gasteiger partial charge in [-0.2, -0.15) is 0 Å². The zero-order valence-corrected chi connectivity index (χ0v) is 16.8. The van der Waals surface area contributed by atoms with Gasteiger partial charge in [-0.1, -0.05) is 66.5 Å². The number of amides is 2. The lowest BCUT2D eigenvalue weighted by molar-refractivity contribution is -0.129. The minimum absolute atomic E-state index is 0.0542. The van der Waals surface area contributed by atoms with Crippen LogP contribution in [0.15, 0.2) is 47.4 Å². The Morgan fingerprint density at radius 1 is 1.33 bits per heavy atom. The maximum Gasteiger partial charge on any atom is 0.266 e. The summed E-state index contributed by atoms with van der Waals surface area (Å²) in [6.45, 7) is -0.207. The molecule has 2 fully saturated rings. The van der Waals surface area contributed by atoms with Gasteiger partial charge in [-0.05, 0) is 18.1 Å². The summed E-state index contributed by atoms with van der Waals surface area (Å²) in [4.78, 5) is 26.3. The zero-order valence-electron chi connectivity index (χ0n) is 14.3. The Morgan fingerprint density at radius 3 is 2.74 bits per heavy atom. The normalized spacial score (nSPS) is 23.5. The topological polar surface area (TPSA) is 83.6 Å². The van der Waals surface area contributed by atoms with Crippen LogP contribution in [-0.4, -0.2) is 53.5 Å². The van der Waals surface area contributed by atoms with Gasteiger partial charge in [0.05, 0.1) is 16.4 Å². The third-order valence-electron chi connectivity index (χ3n) is 4.11. The monoisotopic (exact) mass is 422 g/mol. The molecule has 1 N–H and O–H groups in total. The molecule has 2 amide bonds. The molecule has 3 rings (SSSR count). The first-order chi connectivity index (χ1) is 12.8. The third-order valence-corrected chi connectivity index (χ3v) is 7.27. The average Bonchev–Trinajstić information content (AvgIpc) is 3.09. The molecule has 2 heterocycles. The van der Waals surface area contributed by atoms with E-state index in [1.807, 2.05) is 36.4 Å². The highest BCUT2D eigenvalue weighted by atomic mass is 32.2. The standard InChI is InChI=1S/C18H18N2O4S3/c21-16(19-14-9-10-27(23,24)12-14)11-20-17(22)15(26-18(20)25)8-4-7-13-5-2-1-3-6-13/h1-8,14H,9-12H2,(H,19,21). The molecule has 6 nitrogen and oxygen atoms in total. The summed E-state index contributed by atoms with van der Waals surface area (Å²) in [7, 11) is -3.07. The van der Waals surface area contributed by atoms with Gasteiger partial charge in [0.2, 0.25) is 5.91 Å². The van der Waals surface area contributed by atoms with Crippen LogP contribution in [0.4, 0.5) is 0 Å². The number of thiocarbonyl (C=S) groups is 1. The van der Waals surface area contributed by atoms with Crippen molar-refractivity contribution >= 4 is 56.0 Å². The fourth-order valence-electron chi connectivity index (χ4n) is 2.79. The van der Waals surface area contributed by atoms with Crippen LogP contribution in [0, 0.1) is 0 Å². The summed E-state index contributed by atoms with van der Waals surface area (Å²) in [6.07, 6.45) is 5.72.